The Hall–Kier alpha value is -0.540. The van der Waals surface area contributed by atoms with E-state index in [1.54, 1.807) is 6.20 Å². The van der Waals surface area contributed by atoms with Crippen LogP contribution in [0.1, 0.15) is 32.4 Å². The molecule has 2 atom stereocenters. The van der Waals surface area contributed by atoms with Gasteiger partial charge in [0.2, 0.25) is 0 Å². The average molecular weight is 216 g/mol. The molecular weight excluding hydrogens is 198 g/mol. The van der Waals surface area contributed by atoms with Gasteiger partial charge in [0.15, 0.2) is 0 Å². The van der Waals surface area contributed by atoms with Crippen LogP contribution in [0, 0.1) is 0 Å². The van der Waals surface area contributed by atoms with E-state index in [1.807, 2.05) is 11.7 Å². The number of halogens is 1. The van der Waals surface area contributed by atoms with Crippen LogP contribution in [-0.2, 0) is 7.05 Å². The van der Waals surface area contributed by atoms with E-state index in [2.05, 4.69) is 31.2 Å². The molecule has 0 aliphatic carbocycles. The summed E-state index contributed by atoms with van der Waals surface area (Å²) in [6, 6.07) is 0.410. The first-order valence-corrected chi connectivity index (χ1v) is 5.36. The van der Waals surface area contributed by atoms with Gasteiger partial charge in [-0.25, -0.2) is 0 Å². The van der Waals surface area contributed by atoms with Gasteiger partial charge in [0.05, 0.1) is 16.9 Å². The lowest BCUT2D eigenvalue weighted by Gasteiger charge is -2.21. The van der Waals surface area contributed by atoms with Crippen molar-refractivity contribution in [2.24, 2.45) is 7.05 Å². The molecule has 0 aromatic carbocycles. The Morgan fingerprint density at radius 1 is 1.57 bits per heavy atom. The van der Waals surface area contributed by atoms with Gasteiger partial charge in [-0.15, -0.1) is 0 Å². The Balaban J connectivity index is 2.82. The lowest BCUT2D eigenvalue weighted by molar-refractivity contribution is 0.472. The molecule has 0 saturated heterocycles. The standard InChI is InChI=1S/C10H18ClN3/c1-5-12-8(3)7(2)10-9(11)6-13-14(10)4/h6-8,12H,5H2,1-4H3. The maximum atomic E-state index is 6.07. The van der Waals surface area contributed by atoms with Gasteiger partial charge in [0.25, 0.3) is 0 Å². The van der Waals surface area contributed by atoms with Gasteiger partial charge in [0.1, 0.15) is 0 Å². The van der Waals surface area contributed by atoms with Crippen LogP contribution in [0.15, 0.2) is 6.20 Å². The van der Waals surface area contributed by atoms with Gasteiger partial charge in [-0.1, -0.05) is 25.4 Å². The molecule has 4 heteroatoms. The molecule has 1 aromatic heterocycles. The third kappa shape index (κ3) is 2.28. The van der Waals surface area contributed by atoms with Crippen molar-refractivity contribution >= 4 is 11.6 Å². The minimum Gasteiger partial charge on any atom is -0.314 e. The zero-order valence-electron chi connectivity index (χ0n) is 9.21. The smallest absolute Gasteiger partial charge is 0.0821 e. The lowest BCUT2D eigenvalue weighted by Crippen LogP contribution is -2.31. The molecule has 14 heavy (non-hydrogen) atoms. The Labute approximate surface area is 90.4 Å². The van der Waals surface area contributed by atoms with Crippen molar-refractivity contribution in [2.45, 2.75) is 32.7 Å². The first-order chi connectivity index (χ1) is 6.57. The fraction of sp³-hybridized carbons (Fsp3) is 0.700. The first kappa shape index (κ1) is 11.5. The van der Waals surface area contributed by atoms with Crippen LogP contribution in [0.5, 0.6) is 0 Å². The Bertz CT molecular complexity index is 276. The molecule has 0 fully saturated rings. The van der Waals surface area contributed by atoms with Crippen LogP contribution in [0.4, 0.5) is 0 Å². The minimum atomic E-state index is 0.370. The van der Waals surface area contributed by atoms with Crippen LogP contribution < -0.4 is 5.32 Å². The average Bonchev–Trinajstić information content (AvgIpc) is 2.46. The number of aryl methyl sites for hydroxylation is 1. The summed E-state index contributed by atoms with van der Waals surface area (Å²) in [5.41, 5.74) is 1.10. The van der Waals surface area contributed by atoms with Crippen molar-refractivity contribution in [2.75, 3.05) is 6.54 Å². The highest BCUT2D eigenvalue weighted by Gasteiger charge is 2.19. The molecule has 3 nitrogen and oxygen atoms in total. The van der Waals surface area contributed by atoms with E-state index in [0.29, 0.717) is 12.0 Å². The summed E-state index contributed by atoms with van der Waals surface area (Å²) in [6.07, 6.45) is 1.70. The number of nitrogens with one attached hydrogen (secondary N) is 1. The molecule has 0 bridgehead atoms. The number of rotatable bonds is 4. The highest BCUT2D eigenvalue weighted by Crippen LogP contribution is 2.25. The van der Waals surface area contributed by atoms with Crippen LogP contribution in [0.2, 0.25) is 5.02 Å². The maximum absolute atomic E-state index is 6.07. The number of likely N-dealkylation sites (N-methyl/N-ethyl adjacent to an activating group) is 1. The predicted molar refractivity (Wildman–Crippen MR) is 59.8 cm³/mol. The summed E-state index contributed by atoms with van der Waals surface area (Å²) in [5.74, 6) is 0.370. The second kappa shape index (κ2) is 4.80. The highest BCUT2D eigenvalue weighted by molar-refractivity contribution is 6.31. The highest BCUT2D eigenvalue weighted by atomic mass is 35.5. The summed E-state index contributed by atoms with van der Waals surface area (Å²) in [7, 11) is 1.93. The fourth-order valence-electron chi connectivity index (χ4n) is 1.67. The van der Waals surface area contributed by atoms with Crippen molar-refractivity contribution < 1.29 is 0 Å². The molecule has 1 N–H and O–H groups in total. The number of hydrogen-bond donors (Lipinski definition) is 1. The largest absolute Gasteiger partial charge is 0.314 e. The van der Waals surface area contributed by atoms with Crippen molar-refractivity contribution in [3.8, 4) is 0 Å². The molecule has 1 heterocycles. The van der Waals surface area contributed by atoms with Crippen LogP contribution in [0.25, 0.3) is 0 Å². The monoisotopic (exact) mass is 215 g/mol. The zero-order valence-corrected chi connectivity index (χ0v) is 9.97. The molecule has 0 aliphatic heterocycles. The van der Waals surface area contributed by atoms with E-state index in [1.165, 1.54) is 0 Å². The normalized spacial score (nSPS) is 15.5. The predicted octanol–water partition coefficient (Wildman–Crippen LogP) is 2.17. The Morgan fingerprint density at radius 2 is 2.21 bits per heavy atom. The van der Waals surface area contributed by atoms with Gasteiger partial charge < -0.3 is 5.32 Å². The summed E-state index contributed by atoms with van der Waals surface area (Å²) in [4.78, 5) is 0. The second-order valence-electron chi connectivity index (χ2n) is 3.64. The van der Waals surface area contributed by atoms with Gasteiger partial charge >= 0.3 is 0 Å². The Kier molecular flexibility index (Phi) is 3.96. The summed E-state index contributed by atoms with van der Waals surface area (Å²) in [6.45, 7) is 7.41. The molecule has 1 aromatic rings. The summed E-state index contributed by atoms with van der Waals surface area (Å²) < 4.78 is 1.85. The second-order valence-corrected chi connectivity index (χ2v) is 4.04. The van der Waals surface area contributed by atoms with Gasteiger partial charge in [-0.05, 0) is 13.5 Å². The van der Waals surface area contributed by atoms with Crippen molar-refractivity contribution in [3.05, 3.63) is 16.9 Å². The molecule has 1 rings (SSSR count). The molecule has 0 amide bonds. The summed E-state index contributed by atoms with van der Waals surface area (Å²) >= 11 is 6.07. The molecule has 0 radical (unpaired) electrons. The molecule has 2 unspecified atom stereocenters. The molecule has 0 aliphatic rings. The minimum absolute atomic E-state index is 0.370. The van der Waals surface area contributed by atoms with E-state index in [0.717, 1.165) is 17.3 Å². The quantitative estimate of drug-likeness (QED) is 0.835. The maximum Gasteiger partial charge on any atom is 0.0821 e. The fourth-order valence-corrected chi connectivity index (χ4v) is 2.01. The van der Waals surface area contributed by atoms with Crippen LogP contribution >= 0.6 is 11.6 Å². The topological polar surface area (TPSA) is 29.9 Å². The number of hydrogen-bond acceptors (Lipinski definition) is 2. The van der Waals surface area contributed by atoms with Crippen molar-refractivity contribution in [1.82, 2.24) is 15.1 Å². The third-order valence-electron chi connectivity index (χ3n) is 2.65. The van der Waals surface area contributed by atoms with E-state index in [-0.39, 0.29) is 0 Å². The first-order valence-electron chi connectivity index (χ1n) is 4.98. The third-order valence-corrected chi connectivity index (χ3v) is 2.94. The lowest BCUT2D eigenvalue weighted by atomic mass is 10.00. The molecule has 0 saturated carbocycles. The van der Waals surface area contributed by atoms with Gasteiger partial charge in [-0.3, -0.25) is 4.68 Å². The van der Waals surface area contributed by atoms with E-state index >= 15 is 0 Å². The number of aromatic nitrogens is 2. The SMILES string of the molecule is CCNC(C)C(C)c1c(Cl)cnn1C. The van der Waals surface area contributed by atoms with Crippen molar-refractivity contribution in [1.29, 1.82) is 0 Å². The van der Waals surface area contributed by atoms with E-state index in [4.69, 9.17) is 11.6 Å². The Morgan fingerprint density at radius 3 is 2.64 bits per heavy atom. The number of nitrogens with zero attached hydrogens (tertiary/aromatic N) is 2. The van der Waals surface area contributed by atoms with Crippen LogP contribution in [0.3, 0.4) is 0 Å². The van der Waals surface area contributed by atoms with Crippen molar-refractivity contribution in [3.63, 3.8) is 0 Å². The summed E-state index contributed by atoms with van der Waals surface area (Å²) in [5, 5.41) is 8.28. The van der Waals surface area contributed by atoms with E-state index < -0.39 is 0 Å². The molecule has 0 spiro atoms. The zero-order chi connectivity index (χ0) is 10.7. The van der Waals surface area contributed by atoms with Crippen LogP contribution in [-0.4, -0.2) is 22.4 Å². The van der Waals surface area contributed by atoms with Gasteiger partial charge in [-0.2, -0.15) is 5.10 Å². The van der Waals surface area contributed by atoms with Gasteiger partial charge in [0, 0.05) is 19.0 Å². The molecular formula is C10H18ClN3. The molecule has 80 valence electrons. The van der Waals surface area contributed by atoms with E-state index in [9.17, 15) is 0 Å².